The summed E-state index contributed by atoms with van der Waals surface area (Å²) in [7, 11) is 0. The van der Waals surface area contributed by atoms with Crippen LogP contribution in [0, 0.1) is 0 Å². The average molecular weight is 391 g/mol. The van der Waals surface area contributed by atoms with Crippen LogP contribution in [0.2, 0.25) is 0 Å². The fourth-order valence-corrected chi connectivity index (χ4v) is 5.74. The van der Waals surface area contributed by atoms with Crippen LogP contribution in [0.25, 0.3) is 0 Å². The summed E-state index contributed by atoms with van der Waals surface area (Å²) in [6.07, 6.45) is 6.82. The van der Waals surface area contributed by atoms with Crippen molar-refractivity contribution in [3.05, 3.63) is 64.7 Å². The molecule has 0 spiro atoms. The number of aromatic hydroxyl groups is 1. The molecule has 2 atom stereocenters. The number of fused-ring (bicyclic) bond motifs is 4. The molecule has 1 saturated heterocycles. The Morgan fingerprint density at radius 3 is 2.72 bits per heavy atom. The molecule has 1 N–H and O–H groups in total. The van der Waals surface area contributed by atoms with E-state index in [1.165, 1.54) is 42.5 Å². The fourth-order valence-electron chi connectivity index (χ4n) is 5.74. The number of rotatable bonds is 6. The van der Waals surface area contributed by atoms with Crippen LogP contribution in [-0.2, 0) is 13.0 Å². The highest BCUT2D eigenvalue weighted by atomic mass is 16.3. The minimum absolute atomic E-state index is 0.201. The van der Waals surface area contributed by atoms with E-state index in [-0.39, 0.29) is 5.91 Å². The number of unbranched alkanes of at least 4 members (excludes halogenated alkanes) is 2. The number of carbonyl (C=O) groups excluding carboxylic acids is 1. The topological polar surface area (TPSA) is 43.8 Å². The van der Waals surface area contributed by atoms with E-state index in [1.54, 1.807) is 0 Å². The van der Waals surface area contributed by atoms with E-state index in [2.05, 4.69) is 17.0 Å². The Hall–Kier alpha value is -2.33. The Labute approximate surface area is 173 Å². The first-order valence-corrected chi connectivity index (χ1v) is 11.1. The van der Waals surface area contributed by atoms with Gasteiger partial charge >= 0.3 is 0 Å². The summed E-state index contributed by atoms with van der Waals surface area (Å²) in [6, 6.07) is 14.7. The smallest absolute Gasteiger partial charge is 0.254 e. The summed E-state index contributed by atoms with van der Waals surface area (Å²) >= 11 is 0. The normalized spacial score (nSPS) is 23.2. The Morgan fingerprint density at radius 2 is 1.83 bits per heavy atom. The summed E-state index contributed by atoms with van der Waals surface area (Å²) in [5.41, 5.74) is 4.63. The minimum Gasteiger partial charge on any atom is -0.508 e. The molecular formula is C25H30N2O2. The molecule has 3 aliphatic rings. The number of phenols is 1. The lowest BCUT2D eigenvalue weighted by Crippen LogP contribution is -2.35. The third kappa shape index (κ3) is 3.44. The van der Waals surface area contributed by atoms with E-state index in [0.29, 0.717) is 17.7 Å². The summed E-state index contributed by atoms with van der Waals surface area (Å²) in [5.74, 6) is 1.27. The number of nitrogens with zero attached hydrogens (tertiary/aromatic N) is 2. The van der Waals surface area contributed by atoms with Crippen molar-refractivity contribution in [2.45, 2.75) is 57.0 Å². The van der Waals surface area contributed by atoms with Crippen molar-refractivity contribution in [1.82, 2.24) is 9.80 Å². The van der Waals surface area contributed by atoms with Crippen LogP contribution < -0.4 is 0 Å². The SMILES string of the molecule is O=C1c2ccccc2CN1CCCCCN1CC[C@H]2c3cccc(O)c3CC[C@H]21. The van der Waals surface area contributed by atoms with Gasteiger partial charge < -0.3 is 10.0 Å². The second-order valence-corrected chi connectivity index (χ2v) is 8.83. The van der Waals surface area contributed by atoms with Gasteiger partial charge in [-0.05, 0) is 74.0 Å². The second-order valence-electron chi connectivity index (χ2n) is 8.83. The fraction of sp³-hybridized carbons (Fsp3) is 0.480. The molecule has 0 saturated carbocycles. The molecule has 2 heterocycles. The van der Waals surface area contributed by atoms with Crippen molar-refractivity contribution >= 4 is 5.91 Å². The van der Waals surface area contributed by atoms with Gasteiger partial charge in [0.25, 0.3) is 5.91 Å². The van der Waals surface area contributed by atoms with E-state index >= 15 is 0 Å². The summed E-state index contributed by atoms with van der Waals surface area (Å²) < 4.78 is 0. The van der Waals surface area contributed by atoms with Crippen molar-refractivity contribution in [3.8, 4) is 5.75 Å². The Balaban J connectivity index is 1.09. The zero-order chi connectivity index (χ0) is 19.8. The highest BCUT2D eigenvalue weighted by Gasteiger charge is 2.38. The molecule has 2 aromatic rings. The van der Waals surface area contributed by atoms with Crippen LogP contribution in [0.5, 0.6) is 5.75 Å². The van der Waals surface area contributed by atoms with Gasteiger partial charge in [0.05, 0.1) is 0 Å². The molecule has 2 aliphatic heterocycles. The number of phenolic OH excluding ortho intramolecular Hbond substituents is 1. The van der Waals surface area contributed by atoms with Crippen LogP contribution in [0.1, 0.15) is 65.1 Å². The van der Waals surface area contributed by atoms with Crippen molar-refractivity contribution < 1.29 is 9.90 Å². The Bertz CT molecular complexity index is 909. The summed E-state index contributed by atoms with van der Waals surface area (Å²) in [6.45, 7) is 3.97. The van der Waals surface area contributed by atoms with Crippen molar-refractivity contribution in [1.29, 1.82) is 0 Å². The van der Waals surface area contributed by atoms with Crippen LogP contribution in [0.4, 0.5) is 0 Å². The van der Waals surface area contributed by atoms with Crippen LogP contribution in [-0.4, -0.2) is 46.5 Å². The van der Waals surface area contributed by atoms with Crippen molar-refractivity contribution in [3.63, 3.8) is 0 Å². The highest BCUT2D eigenvalue weighted by molar-refractivity contribution is 5.98. The van der Waals surface area contributed by atoms with Gasteiger partial charge in [-0.1, -0.05) is 36.8 Å². The second kappa shape index (κ2) is 7.83. The van der Waals surface area contributed by atoms with Gasteiger partial charge in [0.2, 0.25) is 0 Å². The van der Waals surface area contributed by atoms with E-state index in [1.807, 2.05) is 35.2 Å². The van der Waals surface area contributed by atoms with Gasteiger partial charge in [0, 0.05) is 30.6 Å². The van der Waals surface area contributed by atoms with Gasteiger partial charge in [-0.2, -0.15) is 0 Å². The van der Waals surface area contributed by atoms with Gasteiger partial charge in [0.1, 0.15) is 5.75 Å². The Morgan fingerprint density at radius 1 is 0.966 bits per heavy atom. The van der Waals surface area contributed by atoms with Crippen molar-refractivity contribution in [2.24, 2.45) is 0 Å². The minimum atomic E-state index is 0.201. The van der Waals surface area contributed by atoms with E-state index < -0.39 is 0 Å². The molecule has 1 aliphatic carbocycles. The molecule has 5 rings (SSSR count). The molecule has 0 aromatic heterocycles. The molecule has 0 unspecified atom stereocenters. The quantitative estimate of drug-likeness (QED) is 0.747. The number of hydrogen-bond donors (Lipinski definition) is 1. The van der Waals surface area contributed by atoms with Crippen LogP contribution >= 0.6 is 0 Å². The first kappa shape index (κ1) is 18.7. The number of carbonyl (C=O) groups is 1. The van der Waals surface area contributed by atoms with Crippen molar-refractivity contribution in [2.75, 3.05) is 19.6 Å². The molecule has 1 fully saturated rings. The molecule has 2 aromatic carbocycles. The number of likely N-dealkylation sites (tertiary alicyclic amines) is 1. The van der Waals surface area contributed by atoms with Crippen LogP contribution in [0.15, 0.2) is 42.5 Å². The van der Waals surface area contributed by atoms with E-state index in [4.69, 9.17) is 0 Å². The zero-order valence-electron chi connectivity index (χ0n) is 17.0. The first-order chi connectivity index (χ1) is 14.2. The molecule has 4 heteroatoms. The van der Waals surface area contributed by atoms with E-state index in [9.17, 15) is 9.90 Å². The monoisotopic (exact) mass is 390 g/mol. The molecule has 4 nitrogen and oxygen atoms in total. The average Bonchev–Trinajstić information content (AvgIpc) is 3.30. The van der Waals surface area contributed by atoms with Gasteiger partial charge in [-0.25, -0.2) is 0 Å². The third-order valence-electron chi connectivity index (χ3n) is 7.21. The maximum atomic E-state index is 12.5. The molecule has 0 radical (unpaired) electrons. The third-order valence-corrected chi connectivity index (χ3v) is 7.21. The number of amides is 1. The largest absolute Gasteiger partial charge is 0.508 e. The Kier molecular flexibility index (Phi) is 5.04. The van der Waals surface area contributed by atoms with Gasteiger partial charge in [0.15, 0.2) is 0 Å². The first-order valence-electron chi connectivity index (χ1n) is 11.1. The predicted molar refractivity (Wildman–Crippen MR) is 114 cm³/mol. The summed E-state index contributed by atoms with van der Waals surface area (Å²) in [5, 5.41) is 10.2. The van der Waals surface area contributed by atoms with E-state index in [0.717, 1.165) is 44.5 Å². The lowest BCUT2D eigenvalue weighted by molar-refractivity contribution is 0.0775. The van der Waals surface area contributed by atoms with Gasteiger partial charge in [-0.3, -0.25) is 9.69 Å². The number of hydrogen-bond acceptors (Lipinski definition) is 3. The molecule has 1 amide bonds. The summed E-state index contributed by atoms with van der Waals surface area (Å²) in [4.78, 5) is 17.1. The van der Waals surface area contributed by atoms with Gasteiger partial charge in [-0.15, -0.1) is 0 Å². The van der Waals surface area contributed by atoms with Crippen LogP contribution in [0.3, 0.4) is 0 Å². The maximum Gasteiger partial charge on any atom is 0.254 e. The lowest BCUT2D eigenvalue weighted by atomic mass is 9.79. The highest BCUT2D eigenvalue weighted by Crippen LogP contribution is 2.43. The molecular weight excluding hydrogens is 360 g/mol. The molecule has 29 heavy (non-hydrogen) atoms. The molecule has 152 valence electrons. The predicted octanol–water partition coefficient (Wildman–Crippen LogP) is 4.32. The zero-order valence-corrected chi connectivity index (χ0v) is 17.0. The number of benzene rings is 2. The lowest BCUT2D eigenvalue weighted by Gasteiger charge is -2.33. The standard InChI is InChI=1S/C25H30N2O2/c28-24-10-6-9-20-21-13-16-26(23(21)12-11-22(20)24)14-4-1-5-15-27-17-18-7-2-3-8-19(18)25(27)29/h2-3,6-10,21,23,28H,1,4-5,11-17H2/t21-,23+/m0/s1. The maximum absolute atomic E-state index is 12.5. The molecule has 0 bridgehead atoms.